The molecule has 0 aromatic heterocycles. The number of sulfone groups is 1. The summed E-state index contributed by atoms with van der Waals surface area (Å²) in [5.41, 5.74) is 5.03. The molecule has 0 aliphatic carbocycles. The number of hydrogen-bond acceptors (Lipinski definition) is 5. The van der Waals surface area contributed by atoms with Crippen molar-refractivity contribution in [3.05, 3.63) is 59.7 Å². The monoisotopic (exact) mass is 418 g/mol. The fraction of sp³-hybridized carbons (Fsp3) is 0.333. The van der Waals surface area contributed by atoms with Gasteiger partial charge in [-0.15, -0.1) is 0 Å². The molecule has 1 atom stereocenters. The second kappa shape index (κ2) is 10.2. The Kier molecular flexibility index (Phi) is 7.92. The van der Waals surface area contributed by atoms with Gasteiger partial charge in [-0.05, 0) is 41.7 Å². The lowest BCUT2D eigenvalue weighted by Crippen LogP contribution is -2.46. The van der Waals surface area contributed by atoms with Crippen molar-refractivity contribution in [1.82, 2.24) is 10.8 Å². The van der Waals surface area contributed by atoms with Crippen LogP contribution in [0.5, 0.6) is 0 Å². The van der Waals surface area contributed by atoms with Crippen molar-refractivity contribution in [1.29, 1.82) is 0 Å². The summed E-state index contributed by atoms with van der Waals surface area (Å²) in [4.78, 5) is 24.2. The van der Waals surface area contributed by atoms with Crippen molar-refractivity contribution in [2.45, 2.75) is 32.2 Å². The quantitative estimate of drug-likeness (QED) is 0.427. The number of rotatable bonds is 9. The van der Waals surface area contributed by atoms with Crippen molar-refractivity contribution in [3.63, 3.8) is 0 Å². The second-order valence-corrected chi connectivity index (χ2v) is 9.20. The number of nitrogens with one attached hydrogen (secondary N) is 2. The highest BCUT2D eigenvalue weighted by Gasteiger charge is 2.22. The van der Waals surface area contributed by atoms with E-state index in [2.05, 4.69) is 24.4 Å². The average Bonchev–Trinajstić information content (AvgIpc) is 2.70. The first-order valence-corrected chi connectivity index (χ1v) is 11.4. The third-order valence-corrected chi connectivity index (χ3v) is 5.46. The van der Waals surface area contributed by atoms with Crippen LogP contribution in [0.4, 0.5) is 0 Å². The van der Waals surface area contributed by atoms with E-state index in [0.29, 0.717) is 5.56 Å². The molecular formula is C21H26N2O5S. The van der Waals surface area contributed by atoms with Crippen molar-refractivity contribution in [3.8, 4) is 11.1 Å². The third-order valence-electron chi connectivity index (χ3n) is 4.48. The van der Waals surface area contributed by atoms with Gasteiger partial charge in [-0.1, -0.05) is 49.7 Å². The van der Waals surface area contributed by atoms with E-state index in [1.807, 2.05) is 12.1 Å². The Balaban J connectivity index is 2.08. The van der Waals surface area contributed by atoms with Gasteiger partial charge in [0, 0.05) is 11.8 Å². The van der Waals surface area contributed by atoms with E-state index in [0.717, 1.165) is 30.2 Å². The van der Waals surface area contributed by atoms with Gasteiger partial charge in [0.2, 0.25) is 0 Å². The summed E-state index contributed by atoms with van der Waals surface area (Å²) in [6, 6.07) is 14.0. The van der Waals surface area contributed by atoms with Gasteiger partial charge in [-0.25, -0.2) is 13.9 Å². The number of hydroxylamine groups is 1. The molecule has 0 aliphatic heterocycles. The van der Waals surface area contributed by atoms with Crippen molar-refractivity contribution >= 4 is 21.7 Å². The van der Waals surface area contributed by atoms with Gasteiger partial charge < -0.3 is 5.32 Å². The maximum absolute atomic E-state index is 12.4. The van der Waals surface area contributed by atoms with E-state index in [4.69, 9.17) is 5.21 Å². The smallest absolute Gasteiger partial charge is 0.265 e. The van der Waals surface area contributed by atoms with Gasteiger partial charge in [0.1, 0.15) is 15.9 Å². The standard InChI is InChI=1S/C21H26N2O5S/c1-3-4-15-5-7-16(8-6-15)17-9-11-18(12-10-17)20(24)22-19(21(25)23-26)13-14-29(2,27)28/h5-12,19,26H,3-4,13-14H2,1-2H3,(H,22,24)(H,23,25)/t19-/m0/s1. The number of hydrogen-bond donors (Lipinski definition) is 3. The molecule has 2 aromatic carbocycles. The van der Waals surface area contributed by atoms with E-state index >= 15 is 0 Å². The number of carbonyl (C=O) groups is 2. The predicted molar refractivity (Wildman–Crippen MR) is 111 cm³/mol. The summed E-state index contributed by atoms with van der Waals surface area (Å²) < 4.78 is 22.7. The molecule has 0 radical (unpaired) electrons. The van der Waals surface area contributed by atoms with Crippen LogP contribution in [0, 0.1) is 0 Å². The largest absolute Gasteiger partial charge is 0.340 e. The minimum Gasteiger partial charge on any atom is -0.340 e. The summed E-state index contributed by atoms with van der Waals surface area (Å²) in [5.74, 6) is -1.69. The molecule has 0 spiro atoms. The van der Waals surface area contributed by atoms with Gasteiger partial charge in [-0.3, -0.25) is 14.8 Å². The maximum atomic E-state index is 12.4. The van der Waals surface area contributed by atoms with Crippen LogP contribution in [0.3, 0.4) is 0 Å². The van der Waals surface area contributed by atoms with Crippen LogP contribution < -0.4 is 10.8 Å². The van der Waals surface area contributed by atoms with Crippen LogP contribution in [-0.2, 0) is 21.1 Å². The molecule has 0 saturated carbocycles. The fourth-order valence-electron chi connectivity index (χ4n) is 2.89. The lowest BCUT2D eigenvalue weighted by Gasteiger charge is -2.16. The van der Waals surface area contributed by atoms with Gasteiger partial charge in [0.05, 0.1) is 5.75 Å². The van der Waals surface area contributed by atoms with Gasteiger partial charge >= 0.3 is 0 Å². The molecule has 2 aromatic rings. The topological polar surface area (TPSA) is 113 Å². The van der Waals surface area contributed by atoms with E-state index in [9.17, 15) is 18.0 Å². The zero-order chi connectivity index (χ0) is 21.4. The van der Waals surface area contributed by atoms with Crippen molar-refractivity contribution in [2.75, 3.05) is 12.0 Å². The molecule has 2 amide bonds. The number of amides is 2. The van der Waals surface area contributed by atoms with E-state index in [1.54, 1.807) is 24.3 Å². The minimum absolute atomic E-state index is 0.140. The summed E-state index contributed by atoms with van der Waals surface area (Å²) >= 11 is 0. The average molecular weight is 419 g/mol. The Labute approximate surface area is 171 Å². The Morgan fingerprint density at radius 3 is 2.03 bits per heavy atom. The van der Waals surface area contributed by atoms with Crippen LogP contribution in [0.25, 0.3) is 11.1 Å². The number of benzene rings is 2. The Morgan fingerprint density at radius 1 is 1.00 bits per heavy atom. The Bertz CT molecular complexity index is 938. The molecule has 29 heavy (non-hydrogen) atoms. The van der Waals surface area contributed by atoms with Gasteiger partial charge in [-0.2, -0.15) is 0 Å². The second-order valence-electron chi connectivity index (χ2n) is 6.94. The Morgan fingerprint density at radius 2 is 1.55 bits per heavy atom. The molecule has 2 rings (SSSR count). The van der Waals surface area contributed by atoms with Crippen LogP contribution in [0.1, 0.15) is 35.7 Å². The number of aryl methyl sites for hydroxylation is 1. The summed E-state index contributed by atoms with van der Waals surface area (Å²) in [7, 11) is -3.32. The molecule has 0 heterocycles. The first kappa shape index (κ1) is 22.6. The van der Waals surface area contributed by atoms with E-state index in [1.165, 1.54) is 11.0 Å². The fourth-order valence-corrected chi connectivity index (χ4v) is 3.55. The lowest BCUT2D eigenvalue weighted by atomic mass is 10.0. The zero-order valence-electron chi connectivity index (χ0n) is 16.5. The molecule has 0 fully saturated rings. The number of carbonyl (C=O) groups excluding carboxylic acids is 2. The molecular weight excluding hydrogens is 392 g/mol. The highest BCUT2D eigenvalue weighted by Crippen LogP contribution is 2.21. The molecule has 8 heteroatoms. The first-order valence-electron chi connectivity index (χ1n) is 9.35. The van der Waals surface area contributed by atoms with Gasteiger partial charge in [0.25, 0.3) is 11.8 Å². The highest BCUT2D eigenvalue weighted by atomic mass is 32.2. The SMILES string of the molecule is CCCc1ccc(-c2ccc(C(=O)N[C@@H](CCS(C)(=O)=O)C(=O)NO)cc2)cc1. The lowest BCUT2D eigenvalue weighted by molar-refractivity contribution is -0.131. The van der Waals surface area contributed by atoms with Crippen molar-refractivity contribution < 1.29 is 23.2 Å². The van der Waals surface area contributed by atoms with Crippen LogP contribution >= 0.6 is 0 Å². The first-order chi connectivity index (χ1) is 13.7. The predicted octanol–water partition coefficient (Wildman–Crippen LogP) is 2.34. The third kappa shape index (κ3) is 6.99. The van der Waals surface area contributed by atoms with Gasteiger partial charge in [0.15, 0.2) is 0 Å². The maximum Gasteiger partial charge on any atom is 0.265 e. The molecule has 0 unspecified atom stereocenters. The Hall–Kier alpha value is -2.71. The molecule has 0 bridgehead atoms. The van der Waals surface area contributed by atoms with Crippen LogP contribution in [0.2, 0.25) is 0 Å². The minimum atomic E-state index is -3.32. The summed E-state index contributed by atoms with van der Waals surface area (Å²) in [6.07, 6.45) is 3.01. The van der Waals surface area contributed by atoms with E-state index in [-0.39, 0.29) is 12.2 Å². The molecule has 7 nitrogen and oxygen atoms in total. The zero-order valence-corrected chi connectivity index (χ0v) is 17.3. The highest BCUT2D eigenvalue weighted by molar-refractivity contribution is 7.90. The molecule has 0 aliphatic rings. The molecule has 3 N–H and O–H groups in total. The van der Waals surface area contributed by atoms with Crippen LogP contribution in [0.15, 0.2) is 48.5 Å². The normalized spacial score (nSPS) is 12.2. The summed E-state index contributed by atoms with van der Waals surface area (Å²) in [5, 5.41) is 11.3. The van der Waals surface area contributed by atoms with Crippen molar-refractivity contribution in [2.24, 2.45) is 0 Å². The summed E-state index contributed by atoms with van der Waals surface area (Å²) in [6.45, 7) is 2.13. The van der Waals surface area contributed by atoms with E-state index < -0.39 is 27.7 Å². The van der Waals surface area contributed by atoms with Crippen LogP contribution in [-0.4, -0.2) is 43.5 Å². The molecule has 0 saturated heterocycles. The molecule has 156 valence electrons.